The summed E-state index contributed by atoms with van der Waals surface area (Å²) in [6, 6.07) is 33.6. The van der Waals surface area contributed by atoms with Crippen molar-refractivity contribution in [2.45, 2.75) is 0 Å². The van der Waals surface area contributed by atoms with Gasteiger partial charge in [0.2, 0.25) is 0 Å². The summed E-state index contributed by atoms with van der Waals surface area (Å²) in [5, 5.41) is 5.61. The van der Waals surface area contributed by atoms with Crippen LogP contribution in [0.5, 0.6) is 0 Å². The van der Waals surface area contributed by atoms with Crippen molar-refractivity contribution in [2.24, 2.45) is 0 Å². The fourth-order valence-electron chi connectivity index (χ4n) is 5.59. The lowest BCUT2D eigenvalue weighted by Crippen LogP contribution is -1.96. The van der Waals surface area contributed by atoms with E-state index in [1.165, 1.54) is 10.8 Å². The fourth-order valence-corrected chi connectivity index (χ4v) is 5.59. The average molecular weight is 462 g/mol. The van der Waals surface area contributed by atoms with Crippen LogP contribution in [0.15, 0.2) is 120 Å². The van der Waals surface area contributed by atoms with Gasteiger partial charge in [-0.2, -0.15) is 0 Å². The standard InChI is InChI=1S/C32H19N3O/c1-2-9-20(10-3-1)21-17-22(19-33-18-21)35-26-14-6-4-11-23(26)28-25-13-8-16-34-30(25)32-29(31(28)35)24-12-5-7-15-27(24)36-32/h1-19H. The minimum absolute atomic E-state index is 0.815. The van der Waals surface area contributed by atoms with Crippen molar-refractivity contribution >= 4 is 54.6 Å². The molecule has 0 N–H and O–H groups in total. The molecule has 0 amide bonds. The summed E-state index contributed by atoms with van der Waals surface area (Å²) in [4.78, 5) is 9.45. The molecule has 0 spiro atoms. The van der Waals surface area contributed by atoms with Crippen LogP contribution in [0, 0.1) is 0 Å². The molecule has 0 fully saturated rings. The first-order chi connectivity index (χ1) is 17.9. The van der Waals surface area contributed by atoms with E-state index in [1.54, 1.807) is 0 Å². The third kappa shape index (κ3) is 2.58. The van der Waals surface area contributed by atoms with Gasteiger partial charge >= 0.3 is 0 Å². The lowest BCUT2D eigenvalue weighted by Gasteiger charge is -2.11. The molecule has 0 atom stereocenters. The summed E-state index contributed by atoms with van der Waals surface area (Å²) in [5.74, 6) is 0. The summed E-state index contributed by atoms with van der Waals surface area (Å²) >= 11 is 0. The highest BCUT2D eigenvalue weighted by Gasteiger charge is 2.23. The number of para-hydroxylation sites is 2. The van der Waals surface area contributed by atoms with E-state index in [1.807, 2.05) is 42.9 Å². The largest absolute Gasteiger partial charge is 0.454 e. The smallest absolute Gasteiger partial charge is 0.163 e. The van der Waals surface area contributed by atoms with Gasteiger partial charge < -0.3 is 8.98 Å². The Kier molecular flexibility index (Phi) is 3.91. The number of hydrogen-bond acceptors (Lipinski definition) is 3. The van der Waals surface area contributed by atoms with Gasteiger partial charge in [-0.3, -0.25) is 9.97 Å². The van der Waals surface area contributed by atoms with Crippen LogP contribution in [0.4, 0.5) is 0 Å². The molecule has 4 aromatic carbocycles. The maximum atomic E-state index is 6.46. The Hall–Kier alpha value is -4.96. The van der Waals surface area contributed by atoms with Crippen LogP contribution in [0.25, 0.3) is 71.5 Å². The molecule has 0 bridgehead atoms. The van der Waals surface area contributed by atoms with Gasteiger partial charge in [-0.05, 0) is 29.8 Å². The molecule has 0 saturated carbocycles. The second-order valence-corrected chi connectivity index (χ2v) is 9.08. The maximum Gasteiger partial charge on any atom is 0.163 e. The third-order valence-corrected chi connectivity index (χ3v) is 7.09. The van der Waals surface area contributed by atoms with Gasteiger partial charge in [0, 0.05) is 39.5 Å². The number of furan rings is 1. The number of fused-ring (bicyclic) bond motifs is 10. The number of rotatable bonds is 2. The molecule has 36 heavy (non-hydrogen) atoms. The normalized spacial score (nSPS) is 11.9. The Bertz CT molecular complexity index is 2100. The highest BCUT2D eigenvalue weighted by molar-refractivity contribution is 6.34. The lowest BCUT2D eigenvalue weighted by atomic mass is 10.0. The Morgan fingerprint density at radius 2 is 1.42 bits per heavy atom. The van der Waals surface area contributed by atoms with E-state index in [9.17, 15) is 0 Å². The number of hydrogen-bond donors (Lipinski definition) is 0. The van der Waals surface area contributed by atoms with E-state index >= 15 is 0 Å². The molecule has 0 radical (unpaired) electrons. The van der Waals surface area contributed by atoms with Gasteiger partial charge in [-0.25, -0.2) is 0 Å². The van der Waals surface area contributed by atoms with Gasteiger partial charge in [0.25, 0.3) is 0 Å². The fraction of sp³-hybridized carbons (Fsp3) is 0. The molecule has 0 aliphatic rings. The second kappa shape index (κ2) is 7.27. The molecule has 0 saturated heterocycles. The van der Waals surface area contributed by atoms with E-state index in [-0.39, 0.29) is 0 Å². The summed E-state index contributed by atoms with van der Waals surface area (Å²) in [6.07, 6.45) is 5.71. The van der Waals surface area contributed by atoms with Gasteiger partial charge in [-0.15, -0.1) is 0 Å². The quantitative estimate of drug-likeness (QED) is 0.260. The molecule has 4 heteroatoms. The molecule has 8 aromatic rings. The van der Waals surface area contributed by atoms with E-state index in [0.29, 0.717) is 0 Å². The van der Waals surface area contributed by atoms with E-state index in [4.69, 9.17) is 9.40 Å². The number of benzene rings is 4. The molecule has 0 aliphatic carbocycles. The molecule has 0 unspecified atom stereocenters. The van der Waals surface area contributed by atoms with Crippen LogP contribution in [-0.4, -0.2) is 14.5 Å². The SMILES string of the molecule is c1ccc(-c2cncc(-n3c4ccccc4c4c5cccnc5c5oc6ccccc6c5c43)c2)cc1. The first-order valence-corrected chi connectivity index (χ1v) is 12.0. The van der Waals surface area contributed by atoms with Gasteiger partial charge in [0.1, 0.15) is 11.1 Å². The van der Waals surface area contributed by atoms with Crippen molar-refractivity contribution in [3.8, 4) is 16.8 Å². The molecule has 0 aliphatic heterocycles. The Labute approximate surface area is 206 Å². The summed E-state index contributed by atoms with van der Waals surface area (Å²) in [7, 11) is 0. The minimum atomic E-state index is 0.815. The summed E-state index contributed by atoms with van der Waals surface area (Å²) in [6.45, 7) is 0. The van der Waals surface area contributed by atoms with Crippen LogP contribution in [0.3, 0.4) is 0 Å². The van der Waals surface area contributed by atoms with E-state index in [0.717, 1.165) is 60.7 Å². The van der Waals surface area contributed by atoms with Crippen molar-refractivity contribution in [1.82, 2.24) is 14.5 Å². The summed E-state index contributed by atoms with van der Waals surface area (Å²) in [5.41, 5.74) is 8.03. The Balaban J connectivity index is 1.63. The van der Waals surface area contributed by atoms with Crippen LogP contribution < -0.4 is 0 Å². The topological polar surface area (TPSA) is 43.9 Å². The van der Waals surface area contributed by atoms with Crippen LogP contribution in [-0.2, 0) is 0 Å². The molecule has 4 nitrogen and oxygen atoms in total. The summed E-state index contributed by atoms with van der Waals surface area (Å²) < 4.78 is 8.80. The highest BCUT2D eigenvalue weighted by Crippen LogP contribution is 2.45. The highest BCUT2D eigenvalue weighted by atomic mass is 16.3. The van der Waals surface area contributed by atoms with Gasteiger partial charge in [0.05, 0.1) is 28.3 Å². The zero-order valence-electron chi connectivity index (χ0n) is 19.2. The minimum Gasteiger partial charge on any atom is -0.454 e. The zero-order valence-corrected chi connectivity index (χ0v) is 19.2. The van der Waals surface area contributed by atoms with Crippen molar-refractivity contribution in [3.63, 3.8) is 0 Å². The molecule has 4 heterocycles. The number of aromatic nitrogens is 3. The van der Waals surface area contributed by atoms with Crippen molar-refractivity contribution in [2.75, 3.05) is 0 Å². The van der Waals surface area contributed by atoms with Gasteiger partial charge in [-0.1, -0.05) is 72.8 Å². The number of nitrogens with zero attached hydrogens (tertiary/aromatic N) is 3. The Morgan fingerprint density at radius 1 is 0.639 bits per heavy atom. The van der Waals surface area contributed by atoms with E-state index in [2.05, 4.69) is 82.3 Å². The van der Waals surface area contributed by atoms with Crippen LogP contribution >= 0.6 is 0 Å². The lowest BCUT2D eigenvalue weighted by molar-refractivity contribution is 0.672. The van der Waals surface area contributed by atoms with Crippen molar-refractivity contribution < 1.29 is 4.42 Å². The first-order valence-electron chi connectivity index (χ1n) is 12.0. The molecular weight excluding hydrogens is 442 g/mol. The monoisotopic (exact) mass is 461 g/mol. The predicted octanol–water partition coefficient (Wildman–Crippen LogP) is 8.29. The first kappa shape index (κ1) is 19.4. The third-order valence-electron chi connectivity index (χ3n) is 7.09. The molecule has 4 aromatic heterocycles. The molecule has 8 rings (SSSR count). The van der Waals surface area contributed by atoms with Crippen LogP contribution in [0.2, 0.25) is 0 Å². The maximum absolute atomic E-state index is 6.46. The van der Waals surface area contributed by atoms with Crippen LogP contribution in [0.1, 0.15) is 0 Å². The van der Waals surface area contributed by atoms with E-state index < -0.39 is 0 Å². The second-order valence-electron chi connectivity index (χ2n) is 9.08. The average Bonchev–Trinajstić information content (AvgIpc) is 3.50. The molecular formula is C32H19N3O. The number of pyridine rings is 2. The predicted molar refractivity (Wildman–Crippen MR) is 147 cm³/mol. The zero-order chi connectivity index (χ0) is 23.6. The van der Waals surface area contributed by atoms with Gasteiger partial charge in [0.15, 0.2) is 5.58 Å². The van der Waals surface area contributed by atoms with Crippen molar-refractivity contribution in [3.05, 3.63) is 116 Å². The Morgan fingerprint density at radius 3 is 2.33 bits per heavy atom. The van der Waals surface area contributed by atoms with Crippen molar-refractivity contribution in [1.29, 1.82) is 0 Å². The molecule has 168 valence electrons.